The van der Waals surface area contributed by atoms with Crippen molar-refractivity contribution in [3.05, 3.63) is 30.2 Å². The summed E-state index contributed by atoms with van der Waals surface area (Å²) in [6.45, 7) is 7.16. The fraction of sp³-hybridized carbons (Fsp3) is 0.720. The second-order valence-electron chi connectivity index (χ2n) is 10.7. The molecule has 1 aromatic carbocycles. The summed E-state index contributed by atoms with van der Waals surface area (Å²) in [6.07, 6.45) is 8.75. The van der Waals surface area contributed by atoms with Gasteiger partial charge in [0.15, 0.2) is 11.5 Å². The van der Waals surface area contributed by atoms with E-state index >= 15 is 0 Å². The van der Waals surface area contributed by atoms with E-state index in [4.69, 9.17) is 14.2 Å². The van der Waals surface area contributed by atoms with Crippen LogP contribution in [-0.2, 0) is 16.6 Å². The Labute approximate surface area is 173 Å². The highest BCUT2D eigenvalue weighted by Crippen LogP contribution is 2.76. The fourth-order valence-electron chi connectivity index (χ4n) is 8.69. The molecule has 2 spiro atoms. The van der Waals surface area contributed by atoms with Gasteiger partial charge in [0, 0.05) is 36.1 Å². The van der Waals surface area contributed by atoms with Gasteiger partial charge in [-0.05, 0) is 81.9 Å². The summed E-state index contributed by atoms with van der Waals surface area (Å²) in [5.74, 6) is 3.13. The van der Waals surface area contributed by atoms with E-state index in [0.717, 1.165) is 30.3 Å². The van der Waals surface area contributed by atoms with Crippen LogP contribution in [0.1, 0.15) is 49.7 Å². The standard InChI is InChI=1S/C25H32NO3/c1-15-13-23-8-9-25(15,28-3)22-24(23)10-11-26(14-16-4-5-16)19(23)12-17-6-7-18(27-2)21(29-22)20(17)24/h6-7,15-16,19,22H,1,4-5,8-14H2,2-3H3/t15-,19-,22-,23-,24+,25-/m1/s1. The molecule has 7 aliphatic rings. The Morgan fingerprint density at radius 1 is 1.21 bits per heavy atom. The number of hydrogen-bond acceptors (Lipinski definition) is 4. The fourth-order valence-corrected chi connectivity index (χ4v) is 8.69. The van der Waals surface area contributed by atoms with E-state index in [1.165, 1.54) is 56.3 Å². The minimum atomic E-state index is -0.274. The molecule has 1 saturated heterocycles. The summed E-state index contributed by atoms with van der Waals surface area (Å²) in [4.78, 5) is 2.88. The van der Waals surface area contributed by atoms with E-state index in [2.05, 4.69) is 24.0 Å². The second-order valence-corrected chi connectivity index (χ2v) is 10.7. The number of piperidine rings is 1. The molecule has 5 aliphatic carbocycles. The number of ether oxygens (including phenoxy) is 3. The van der Waals surface area contributed by atoms with E-state index in [9.17, 15) is 0 Å². The van der Waals surface area contributed by atoms with Crippen molar-refractivity contribution in [3.63, 3.8) is 0 Å². The van der Waals surface area contributed by atoms with Crippen LogP contribution in [0.3, 0.4) is 0 Å². The van der Waals surface area contributed by atoms with Crippen LogP contribution in [0.25, 0.3) is 0 Å². The maximum atomic E-state index is 6.91. The Morgan fingerprint density at radius 3 is 2.79 bits per heavy atom. The van der Waals surface area contributed by atoms with Crippen LogP contribution in [-0.4, -0.2) is 50.0 Å². The molecule has 0 N–H and O–H groups in total. The third kappa shape index (κ3) is 1.75. The maximum absolute atomic E-state index is 6.91. The molecule has 29 heavy (non-hydrogen) atoms. The largest absolute Gasteiger partial charge is 0.493 e. The lowest BCUT2D eigenvalue weighted by molar-refractivity contribution is -0.269. The molecule has 0 aromatic heterocycles. The van der Waals surface area contributed by atoms with Crippen molar-refractivity contribution in [2.75, 3.05) is 27.3 Å². The Kier molecular flexibility index (Phi) is 3.19. The Balaban J connectivity index is 1.49. The first-order valence-corrected chi connectivity index (χ1v) is 11.6. The van der Waals surface area contributed by atoms with Crippen molar-refractivity contribution in [1.82, 2.24) is 4.90 Å². The van der Waals surface area contributed by atoms with Gasteiger partial charge in [-0.3, -0.25) is 4.90 Å². The highest BCUT2D eigenvalue weighted by atomic mass is 16.6. The van der Waals surface area contributed by atoms with Gasteiger partial charge in [0.25, 0.3) is 0 Å². The summed E-state index contributed by atoms with van der Waals surface area (Å²) in [7, 11) is 3.66. The zero-order valence-electron chi connectivity index (χ0n) is 17.7. The molecule has 4 bridgehead atoms. The molecule has 4 nitrogen and oxygen atoms in total. The number of methoxy groups -OCH3 is 2. The number of benzene rings is 1. The third-order valence-electron chi connectivity index (χ3n) is 10.0. The summed E-state index contributed by atoms with van der Waals surface area (Å²) < 4.78 is 19.0. The molecule has 5 fully saturated rings. The molecule has 0 amide bonds. The van der Waals surface area contributed by atoms with Gasteiger partial charge in [-0.2, -0.15) is 0 Å². The van der Waals surface area contributed by atoms with Crippen LogP contribution < -0.4 is 9.47 Å². The molecule has 6 atom stereocenters. The van der Waals surface area contributed by atoms with Gasteiger partial charge >= 0.3 is 0 Å². The lowest BCUT2D eigenvalue weighted by atomic mass is 9.35. The van der Waals surface area contributed by atoms with Crippen molar-refractivity contribution in [1.29, 1.82) is 0 Å². The van der Waals surface area contributed by atoms with Gasteiger partial charge in [0.2, 0.25) is 0 Å². The van der Waals surface area contributed by atoms with Crippen LogP contribution in [0.15, 0.2) is 12.1 Å². The molecule has 0 unspecified atom stereocenters. The summed E-state index contributed by atoms with van der Waals surface area (Å²) >= 11 is 0. The van der Waals surface area contributed by atoms with Gasteiger partial charge in [-0.25, -0.2) is 0 Å². The van der Waals surface area contributed by atoms with Crippen molar-refractivity contribution < 1.29 is 14.2 Å². The van der Waals surface area contributed by atoms with Crippen molar-refractivity contribution in [3.8, 4) is 11.5 Å². The van der Waals surface area contributed by atoms with Crippen LogP contribution in [0.5, 0.6) is 11.5 Å². The average molecular weight is 395 g/mol. The van der Waals surface area contributed by atoms with Gasteiger partial charge in [-0.1, -0.05) is 6.07 Å². The monoisotopic (exact) mass is 394 g/mol. The summed E-state index contributed by atoms with van der Waals surface area (Å²) in [5, 5.41) is 0. The topological polar surface area (TPSA) is 30.9 Å². The lowest BCUT2D eigenvalue weighted by Gasteiger charge is -2.73. The molecular formula is C25H32NO3. The number of nitrogens with zero attached hydrogens (tertiary/aromatic N) is 1. The lowest BCUT2D eigenvalue weighted by Crippen LogP contribution is -2.80. The van der Waals surface area contributed by atoms with Gasteiger partial charge in [0.1, 0.15) is 11.7 Å². The number of likely N-dealkylation sites (tertiary alicyclic amines) is 1. The van der Waals surface area contributed by atoms with E-state index in [1.54, 1.807) is 7.11 Å². The normalized spacial score (nSPS) is 46.4. The predicted molar refractivity (Wildman–Crippen MR) is 110 cm³/mol. The second kappa shape index (κ2) is 5.31. The summed E-state index contributed by atoms with van der Waals surface area (Å²) in [6, 6.07) is 5.08. The first kappa shape index (κ1) is 17.4. The number of rotatable bonds is 4. The molecule has 155 valence electrons. The highest BCUT2D eigenvalue weighted by molar-refractivity contribution is 5.63. The van der Waals surface area contributed by atoms with Crippen LogP contribution in [0, 0.1) is 24.2 Å². The van der Waals surface area contributed by atoms with Crippen LogP contribution in [0.2, 0.25) is 0 Å². The number of hydrogen-bond donors (Lipinski definition) is 0. The SMILES string of the molecule is [CH2][C@@H]1C[C@@]23CC[C@]1(OC)[C@@H]1Oc4c(OC)ccc5c4[C@@]12CCN(CC1CC1)[C@@H]3C5. The predicted octanol–water partition coefficient (Wildman–Crippen LogP) is 3.75. The van der Waals surface area contributed by atoms with E-state index in [-0.39, 0.29) is 28.5 Å². The first-order valence-electron chi connectivity index (χ1n) is 11.6. The third-order valence-corrected chi connectivity index (χ3v) is 10.0. The smallest absolute Gasteiger partial charge is 0.165 e. The van der Waals surface area contributed by atoms with Crippen LogP contribution >= 0.6 is 0 Å². The Hall–Kier alpha value is -1.26. The van der Waals surface area contributed by atoms with Crippen molar-refractivity contribution >= 4 is 0 Å². The quantitative estimate of drug-likeness (QED) is 0.778. The molecule has 4 heteroatoms. The van der Waals surface area contributed by atoms with E-state index in [1.807, 2.05) is 7.11 Å². The average Bonchev–Trinajstić information content (AvgIpc) is 3.47. The molecule has 2 aliphatic heterocycles. The molecule has 4 saturated carbocycles. The Bertz CT molecular complexity index is 896. The molecule has 1 radical (unpaired) electrons. The first-order chi connectivity index (χ1) is 14.1. The van der Waals surface area contributed by atoms with Crippen molar-refractivity contribution in [2.24, 2.45) is 17.3 Å². The van der Waals surface area contributed by atoms with Gasteiger partial charge < -0.3 is 14.2 Å². The van der Waals surface area contributed by atoms with Crippen LogP contribution in [0.4, 0.5) is 0 Å². The maximum Gasteiger partial charge on any atom is 0.165 e. The van der Waals surface area contributed by atoms with Gasteiger partial charge in [0.05, 0.1) is 7.11 Å². The summed E-state index contributed by atoms with van der Waals surface area (Å²) in [5.41, 5.74) is 3.04. The minimum absolute atomic E-state index is 0.0671. The number of fused-ring (bicyclic) bond motifs is 2. The Morgan fingerprint density at radius 2 is 2.07 bits per heavy atom. The van der Waals surface area contributed by atoms with E-state index < -0.39 is 0 Å². The highest BCUT2D eigenvalue weighted by Gasteiger charge is 2.80. The zero-order chi connectivity index (χ0) is 19.6. The molecule has 2 heterocycles. The zero-order valence-corrected chi connectivity index (χ0v) is 17.7. The van der Waals surface area contributed by atoms with Crippen molar-refractivity contribution in [2.45, 2.75) is 68.1 Å². The molecule has 8 rings (SSSR count). The van der Waals surface area contributed by atoms with Gasteiger partial charge in [-0.15, -0.1) is 0 Å². The minimum Gasteiger partial charge on any atom is -0.493 e. The van der Waals surface area contributed by atoms with E-state index in [0.29, 0.717) is 6.04 Å². The molecule has 1 aromatic rings. The molecular weight excluding hydrogens is 362 g/mol.